The van der Waals surface area contributed by atoms with E-state index in [1.165, 1.54) is 31.2 Å². The lowest BCUT2D eigenvalue weighted by Crippen LogP contribution is -2.36. The number of aromatic nitrogens is 2. The molecule has 4 heteroatoms. The smallest absolute Gasteiger partial charge is 0.137 e. The Labute approximate surface area is 116 Å². The van der Waals surface area contributed by atoms with E-state index in [0.29, 0.717) is 6.04 Å². The number of nitrogens with zero attached hydrogens (tertiary/aromatic N) is 3. The molecular weight excluding hydrogens is 236 g/mol. The highest BCUT2D eigenvalue weighted by molar-refractivity contribution is 5.58. The third kappa shape index (κ3) is 2.99. The first-order valence-corrected chi connectivity index (χ1v) is 7.41. The van der Waals surface area contributed by atoms with Crippen LogP contribution in [0.2, 0.25) is 0 Å². The largest absolute Gasteiger partial charge is 0.373 e. The maximum atomic E-state index is 4.53. The van der Waals surface area contributed by atoms with Gasteiger partial charge >= 0.3 is 0 Å². The van der Waals surface area contributed by atoms with Crippen LogP contribution in [0.5, 0.6) is 0 Å². The average molecular weight is 262 g/mol. The Morgan fingerprint density at radius 2 is 1.95 bits per heavy atom. The SMILES string of the molecule is CCc1c(NC)ncnc1N(C)C1CCC(C)CC1. The topological polar surface area (TPSA) is 41.1 Å². The van der Waals surface area contributed by atoms with Crippen molar-refractivity contribution < 1.29 is 0 Å². The summed E-state index contributed by atoms with van der Waals surface area (Å²) in [6.07, 6.45) is 7.85. The molecule has 1 aromatic heterocycles. The van der Waals surface area contributed by atoms with Gasteiger partial charge in [0.05, 0.1) is 0 Å². The van der Waals surface area contributed by atoms with E-state index in [9.17, 15) is 0 Å². The molecule has 106 valence electrons. The summed E-state index contributed by atoms with van der Waals surface area (Å²) >= 11 is 0. The summed E-state index contributed by atoms with van der Waals surface area (Å²) in [5, 5.41) is 3.17. The molecule has 1 aromatic rings. The summed E-state index contributed by atoms with van der Waals surface area (Å²) in [5.74, 6) is 2.94. The van der Waals surface area contributed by atoms with Crippen molar-refractivity contribution in [2.24, 2.45) is 5.92 Å². The highest BCUT2D eigenvalue weighted by Gasteiger charge is 2.24. The molecule has 4 nitrogen and oxygen atoms in total. The van der Waals surface area contributed by atoms with Gasteiger partial charge in [0.2, 0.25) is 0 Å². The first kappa shape index (κ1) is 14.1. The molecule has 1 heterocycles. The van der Waals surface area contributed by atoms with Crippen LogP contribution in [-0.4, -0.2) is 30.1 Å². The standard InChI is InChI=1S/C15H26N4/c1-5-13-14(16-3)17-10-18-15(13)19(4)12-8-6-11(2)7-9-12/h10-12H,5-9H2,1-4H3,(H,16,17,18). The van der Waals surface area contributed by atoms with Gasteiger partial charge in [0, 0.05) is 25.7 Å². The molecule has 1 N–H and O–H groups in total. The minimum atomic E-state index is 0.626. The summed E-state index contributed by atoms with van der Waals surface area (Å²) in [6.45, 7) is 4.53. The Kier molecular flexibility index (Phi) is 4.61. The van der Waals surface area contributed by atoms with Gasteiger partial charge in [0.25, 0.3) is 0 Å². The van der Waals surface area contributed by atoms with Crippen LogP contribution >= 0.6 is 0 Å². The van der Waals surface area contributed by atoms with Crippen LogP contribution in [0.15, 0.2) is 6.33 Å². The van der Waals surface area contributed by atoms with E-state index in [2.05, 4.69) is 41.1 Å². The van der Waals surface area contributed by atoms with E-state index in [-0.39, 0.29) is 0 Å². The maximum Gasteiger partial charge on any atom is 0.137 e. The first-order chi connectivity index (χ1) is 9.17. The second-order valence-corrected chi connectivity index (χ2v) is 5.65. The van der Waals surface area contributed by atoms with Gasteiger partial charge in [-0.25, -0.2) is 9.97 Å². The van der Waals surface area contributed by atoms with Crippen LogP contribution in [0.25, 0.3) is 0 Å². The van der Waals surface area contributed by atoms with Crippen molar-refractivity contribution in [1.82, 2.24) is 9.97 Å². The first-order valence-electron chi connectivity index (χ1n) is 7.41. The fourth-order valence-corrected chi connectivity index (χ4v) is 3.05. The highest BCUT2D eigenvalue weighted by atomic mass is 15.2. The predicted molar refractivity (Wildman–Crippen MR) is 80.8 cm³/mol. The second kappa shape index (κ2) is 6.22. The average Bonchev–Trinajstić information content (AvgIpc) is 2.46. The zero-order valence-electron chi connectivity index (χ0n) is 12.6. The monoisotopic (exact) mass is 262 g/mol. The Balaban J connectivity index is 2.21. The third-order valence-electron chi connectivity index (χ3n) is 4.38. The number of anilines is 2. The van der Waals surface area contributed by atoms with E-state index < -0.39 is 0 Å². The third-order valence-corrected chi connectivity index (χ3v) is 4.38. The van der Waals surface area contributed by atoms with Gasteiger partial charge in [-0.15, -0.1) is 0 Å². The Bertz CT molecular complexity index is 411. The van der Waals surface area contributed by atoms with Gasteiger partial charge in [-0.2, -0.15) is 0 Å². The van der Waals surface area contributed by atoms with Crippen molar-refractivity contribution in [3.63, 3.8) is 0 Å². The molecule has 19 heavy (non-hydrogen) atoms. The van der Waals surface area contributed by atoms with E-state index in [4.69, 9.17) is 0 Å². The highest BCUT2D eigenvalue weighted by Crippen LogP contribution is 2.31. The Hall–Kier alpha value is -1.32. The lowest BCUT2D eigenvalue weighted by Gasteiger charge is -2.35. The zero-order valence-corrected chi connectivity index (χ0v) is 12.6. The van der Waals surface area contributed by atoms with Crippen molar-refractivity contribution >= 4 is 11.6 Å². The Morgan fingerprint density at radius 3 is 2.53 bits per heavy atom. The second-order valence-electron chi connectivity index (χ2n) is 5.65. The van der Waals surface area contributed by atoms with Gasteiger partial charge in [0.1, 0.15) is 18.0 Å². The molecule has 0 radical (unpaired) electrons. The van der Waals surface area contributed by atoms with Gasteiger partial charge in [0.15, 0.2) is 0 Å². The molecule has 0 aromatic carbocycles. The van der Waals surface area contributed by atoms with Gasteiger partial charge in [-0.05, 0) is 38.0 Å². The molecule has 1 aliphatic carbocycles. The summed E-state index contributed by atoms with van der Waals surface area (Å²) in [6, 6.07) is 0.626. The zero-order chi connectivity index (χ0) is 13.8. The van der Waals surface area contributed by atoms with Gasteiger partial charge < -0.3 is 10.2 Å². The quantitative estimate of drug-likeness (QED) is 0.905. The fraction of sp³-hybridized carbons (Fsp3) is 0.733. The molecule has 0 spiro atoms. The summed E-state index contributed by atoms with van der Waals surface area (Å²) < 4.78 is 0. The van der Waals surface area contributed by atoms with Crippen molar-refractivity contribution in [1.29, 1.82) is 0 Å². The fourth-order valence-electron chi connectivity index (χ4n) is 3.05. The van der Waals surface area contributed by atoms with Crippen molar-refractivity contribution in [2.45, 2.75) is 52.0 Å². The summed E-state index contributed by atoms with van der Waals surface area (Å²) in [7, 11) is 4.11. The van der Waals surface area contributed by atoms with Crippen molar-refractivity contribution in [2.75, 3.05) is 24.3 Å². The van der Waals surface area contributed by atoms with Crippen molar-refractivity contribution in [3.05, 3.63) is 11.9 Å². The Morgan fingerprint density at radius 1 is 1.26 bits per heavy atom. The van der Waals surface area contributed by atoms with Crippen LogP contribution in [0, 0.1) is 5.92 Å². The van der Waals surface area contributed by atoms with E-state index in [1.807, 2.05) is 7.05 Å². The molecule has 2 rings (SSSR count). The normalized spacial score (nSPS) is 23.2. The number of nitrogens with one attached hydrogen (secondary N) is 1. The van der Waals surface area contributed by atoms with Crippen molar-refractivity contribution in [3.8, 4) is 0 Å². The van der Waals surface area contributed by atoms with Crippen LogP contribution in [0.3, 0.4) is 0 Å². The molecule has 0 aliphatic heterocycles. The molecule has 0 saturated heterocycles. The predicted octanol–water partition coefficient (Wildman–Crippen LogP) is 3.10. The molecule has 0 amide bonds. The molecular formula is C15H26N4. The molecule has 1 saturated carbocycles. The van der Waals surface area contributed by atoms with E-state index >= 15 is 0 Å². The molecule has 0 atom stereocenters. The van der Waals surface area contributed by atoms with Crippen LogP contribution < -0.4 is 10.2 Å². The number of rotatable bonds is 4. The molecule has 0 bridgehead atoms. The summed E-state index contributed by atoms with van der Waals surface area (Å²) in [4.78, 5) is 11.2. The minimum Gasteiger partial charge on any atom is -0.373 e. The van der Waals surface area contributed by atoms with Crippen LogP contribution in [0.1, 0.15) is 45.1 Å². The van der Waals surface area contributed by atoms with E-state index in [1.54, 1.807) is 6.33 Å². The van der Waals surface area contributed by atoms with E-state index in [0.717, 1.165) is 24.0 Å². The lowest BCUT2D eigenvalue weighted by molar-refractivity contribution is 0.339. The number of hydrogen-bond acceptors (Lipinski definition) is 4. The molecule has 1 aliphatic rings. The number of hydrogen-bond donors (Lipinski definition) is 1. The maximum absolute atomic E-state index is 4.53. The minimum absolute atomic E-state index is 0.626. The van der Waals surface area contributed by atoms with Gasteiger partial charge in [-0.1, -0.05) is 13.8 Å². The molecule has 1 fully saturated rings. The lowest BCUT2D eigenvalue weighted by atomic mass is 9.86. The molecule has 0 unspecified atom stereocenters. The van der Waals surface area contributed by atoms with Gasteiger partial charge in [-0.3, -0.25) is 0 Å². The van der Waals surface area contributed by atoms with Crippen LogP contribution in [0.4, 0.5) is 11.6 Å². The summed E-state index contributed by atoms with van der Waals surface area (Å²) in [5.41, 5.74) is 1.23. The van der Waals surface area contributed by atoms with Crippen LogP contribution in [-0.2, 0) is 6.42 Å².